The van der Waals surface area contributed by atoms with E-state index in [1.165, 1.54) is 6.07 Å². The molecule has 0 fully saturated rings. The molecule has 0 spiro atoms. The molecule has 1 atom stereocenters. The van der Waals surface area contributed by atoms with Crippen LogP contribution in [0.5, 0.6) is 5.75 Å². The third-order valence-electron chi connectivity index (χ3n) is 4.41. The summed E-state index contributed by atoms with van der Waals surface area (Å²) in [7, 11) is 0. The van der Waals surface area contributed by atoms with Gasteiger partial charge in [0.25, 0.3) is 0 Å². The highest BCUT2D eigenvalue weighted by atomic mass is 35.5. The first-order chi connectivity index (χ1) is 13.0. The summed E-state index contributed by atoms with van der Waals surface area (Å²) in [5.41, 5.74) is 1.47. The van der Waals surface area contributed by atoms with Crippen LogP contribution in [0, 0.1) is 0 Å². The molecule has 0 amide bonds. The maximum atomic E-state index is 12.5. The topological polar surface area (TPSA) is 56.5 Å². The number of Topliss-reactive ketones (excluding diaryl/α,β-unsaturated/α-hetero) is 1. The number of carbonyl (C=O) groups excluding carboxylic acids is 1. The third-order valence-corrected chi connectivity index (χ3v) is 4.71. The van der Waals surface area contributed by atoms with Crippen LogP contribution in [-0.2, 0) is 6.42 Å². The molecule has 0 aliphatic heterocycles. The quantitative estimate of drug-likeness (QED) is 0.402. The number of benzene rings is 2. The van der Waals surface area contributed by atoms with E-state index in [0.29, 0.717) is 21.9 Å². The van der Waals surface area contributed by atoms with Crippen molar-refractivity contribution in [1.29, 1.82) is 0 Å². The first kappa shape index (κ1) is 19.2. The minimum Gasteiger partial charge on any atom is -0.481 e. The first-order valence-electron chi connectivity index (χ1n) is 9.01. The zero-order chi connectivity index (χ0) is 19.4. The number of ketones is 1. The standard InChI is InChI=1S/C22H21ClO4/c1-3-4-8-16-11-21(24)27-19-13-20(18(23)12-17(16)19)26-14(2)22(25)15-9-6-5-7-10-15/h5-7,9-14H,3-4,8H2,1-2H3/t14-/m1/s1. The van der Waals surface area contributed by atoms with E-state index >= 15 is 0 Å². The number of fused-ring (bicyclic) bond motifs is 1. The Hall–Kier alpha value is -2.59. The van der Waals surface area contributed by atoms with E-state index < -0.39 is 11.7 Å². The van der Waals surface area contributed by atoms with Gasteiger partial charge in [0, 0.05) is 23.1 Å². The van der Waals surface area contributed by atoms with Crippen LogP contribution >= 0.6 is 11.6 Å². The van der Waals surface area contributed by atoms with E-state index in [9.17, 15) is 9.59 Å². The Bertz CT molecular complexity index is 1010. The Morgan fingerprint density at radius 2 is 1.93 bits per heavy atom. The van der Waals surface area contributed by atoms with Gasteiger partial charge < -0.3 is 9.15 Å². The monoisotopic (exact) mass is 384 g/mol. The smallest absolute Gasteiger partial charge is 0.336 e. The summed E-state index contributed by atoms with van der Waals surface area (Å²) in [4.78, 5) is 24.4. The number of halogens is 1. The van der Waals surface area contributed by atoms with Gasteiger partial charge in [0.05, 0.1) is 5.02 Å². The van der Waals surface area contributed by atoms with Crippen LogP contribution in [0.25, 0.3) is 11.0 Å². The van der Waals surface area contributed by atoms with Gasteiger partial charge >= 0.3 is 5.63 Å². The lowest BCUT2D eigenvalue weighted by Gasteiger charge is -2.16. The van der Waals surface area contributed by atoms with Crippen molar-refractivity contribution in [2.45, 2.75) is 39.2 Å². The normalized spacial score (nSPS) is 12.1. The van der Waals surface area contributed by atoms with Crippen molar-refractivity contribution in [1.82, 2.24) is 0 Å². The Kier molecular flexibility index (Phi) is 5.97. The van der Waals surface area contributed by atoms with Crippen LogP contribution in [0.2, 0.25) is 5.02 Å². The third kappa shape index (κ3) is 4.40. The van der Waals surface area contributed by atoms with Crippen molar-refractivity contribution in [3.8, 4) is 5.75 Å². The lowest BCUT2D eigenvalue weighted by molar-refractivity contribution is 0.0818. The molecule has 0 aliphatic rings. The molecule has 3 rings (SSSR count). The molecule has 140 valence electrons. The van der Waals surface area contributed by atoms with Gasteiger partial charge in [-0.05, 0) is 31.4 Å². The molecule has 27 heavy (non-hydrogen) atoms. The molecule has 0 aliphatic carbocycles. The van der Waals surface area contributed by atoms with E-state index in [1.807, 2.05) is 6.07 Å². The minimum atomic E-state index is -0.725. The van der Waals surface area contributed by atoms with Gasteiger partial charge in [0.15, 0.2) is 6.10 Å². The number of ether oxygens (including phenoxy) is 1. The molecule has 5 heteroatoms. The maximum absolute atomic E-state index is 12.5. The lowest BCUT2D eigenvalue weighted by atomic mass is 10.0. The van der Waals surface area contributed by atoms with Crippen molar-refractivity contribution < 1.29 is 13.9 Å². The van der Waals surface area contributed by atoms with Crippen LogP contribution in [0.3, 0.4) is 0 Å². The van der Waals surface area contributed by atoms with Gasteiger partial charge in [-0.25, -0.2) is 4.79 Å². The molecule has 4 nitrogen and oxygen atoms in total. The van der Waals surface area contributed by atoms with Gasteiger partial charge in [-0.15, -0.1) is 0 Å². The predicted octanol–water partition coefficient (Wildman–Crippen LogP) is 5.44. The molecule has 1 heterocycles. The fourth-order valence-corrected chi connectivity index (χ4v) is 3.18. The maximum Gasteiger partial charge on any atom is 0.336 e. The van der Waals surface area contributed by atoms with E-state index in [-0.39, 0.29) is 5.78 Å². The highest BCUT2D eigenvalue weighted by Crippen LogP contribution is 2.32. The summed E-state index contributed by atoms with van der Waals surface area (Å²) in [5, 5.41) is 1.17. The molecule has 0 unspecified atom stereocenters. The molecule has 2 aromatic carbocycles. The Balaban J connectivity index is 1.92. The van der Waals surface area contributed by atoms with Crippen LogP contribution in [0.1, 0.15) is 42.6 Å². The molecule has 1 aromatic heterocycles. The average Bonchev–Trinajstić information content (AvgIpc) is 2.67. The summed E-state index contributed by atoms with van der Waals surface area (Å²) in [5.74, 6) is 0.168. The highest BCUT2D eigenvalue weighted by molar-refractivity contribution is 6.32. The second-order valence-corrected chi connectivity index (χ2v) is 6.87. The van der Waals surface area contributed by atoms with Gasteiger partial charge in [0.2, 0.25) is 5.78 Å². The van der Waals surface area contributed by atoms with Crippen molar-refractivity contribution in [2.24, 2.45) is 0 Å². The van der Waals surface area contributed by atoms with Crippen molar-refractivity contribution in [3.63, 3.8) is 0 Å². The summed E-state index contributed by atoms with van der Waals surface area (Å²) in [6.45, 7) is 3.77. The second-order valence-electron chi connectivity index (χ2n) is 6.46. The summed E-state index contributed by atoms with van der Waals surface area (Å²) >= 11 is 6.39. The number of rotatable bonds is 7. The van der Waals surface area contributed by atoms with Crippen LogP contribution < -0.4 is 10.4 Å². The molecule has 0 radical (unpaired) electrons. The second kappa shape index (κ2) is 8.40. The fourth-order valence-electron chi connectivity index (χ4n) is 2.97. The van der Waals surface area contributed by atoms with E-state index in [4.69, 9.17) is 20.8 Å². The van der Waals surface area contributed by atoms with Crippen LogP contribution in [0.4, 0.5) is 0 Å². The molecule has 3 aromatic rings. The minimum absolute atomic E-state index is 0.148. The largest absolute Gasteiger partial charge is 0.481 e. The Morgan fingerprint density at radius 3 is 2.63 bits per heavy atom. The van der Waals surface area contributed by atoms with E-state index in [1.54, 1.807) is 43.3 Å². The number of unbranched alkanes of at least 4 members (excludes halogenated alkanes) is 1. The zero-order valence-corrected chi connectivity index (χ0v) is 16.1. The molecule has 0 bridgehead atoms. The first-order valence-corrected chi connectivity index (χ1v) is 9.39. The number of carbonyl (C=O) groups is 1. The van der Waals surface area contributed by atoms with E-state index in [2.05, 4.69) is 6.92 Å². The average molecular weight is 385 g/mol. The van der Waals surface area contributed by atoms with Gasteiger partial charge in [-0.3, -0.25) is 4.79 Å². The van der Waals surface area contributed by atoms with Crippen LogP contribution in [0.15, 0.2) is 57.7 Å². The number of hydrogen-bond donors (Lipinski definition) is 0. The summed E-state index contributed by atoms with van der Waals surface area (Å²) in [6, 6.07) is 13.8. The van der Waals surface area contributed by atoms with Gasteiger partial charge in [-0.2, -0.15) is 0 Å². The number of aryl methyl sites for hydroxylation is 1. The summed E-state index contributed by atoms with van der Waals surface area (Å²) in [6.07, 6.45) is 2.04. The highest BCUT2D eigenvalue weighted by Gasteiger charge is 2.19. The molecular weight excluding hydrogens is 364 g/mol. The Labute approximate surface area is 162 Å². The van der Waals surface area contributed by atoms with Crippen molar-refractivity contribution in [3.05, 3.63) is 75.1 Å². The van der Waals surface area contributed by atoms with Crippen molar-refractivity contribution in [2.75, 3.05) is 0 Å². The molecule has 0 N–H and O–H groups in total. The molecule has 0 saturated carbocycles. The lowest BCUT2D eigenvalue weighted by Crippen LogP contribution is -2.24. The van der Waals surface area contributed by atoms with Gasteiger partial charge in [-0.1, -0.05) is 55.3 Å². The zero-order valence-electron chi connectivity index (χ0n) is 15.3. The van der Waals surface area contributed by atoms with E-state index in [0.717, 1.165) is 30.2 Å². The SMILES string of the molecule is CCCCc1cc(=O)oc2cc(O[C@H](C)C(=O)c3ccccc3)c(Cl)cc12. The fraction of sp³-hybridized carbons (Fsp3) is 0.273. The number of hydrogen-bond acceptors (Lipinski definition) is 4. The van der Waals surface area contributed by atoms with Crippen LogP contribution in [-0.4, -0.2) is 11.9 Å². The molecule has 0 saturated heterocycles. The van der Waals surface area contributed by atoms with Gasteiger partial charge in [0.1, 0.15) is 11.3 Å². The van der Waals surface area contributed by atoms with Crippen molar-refractivity contribution >= 4 is 28.4 Å². The molecular formula is C22H21ClO4. The summed E-state index contributed by atoms with van der Waals surface area (Å²) < 4.78 is 11.1. The predicted molar refractivity (Wildman–Crippen MR) is 107 cm³/mol. The Morgan fingerprint density at radius 1 is 1.19 bits per heavy atom.